The van der Waals surface area contributed by atoms with E-state index in [1.807, 2.05) is 13.8 Å². The van der Waals surface area contributed by atoms with Gasteiger partial charge in [0, 0.05) is 18.7 Å². The van der Waals surface area contributed by atoms with Crippen LogP contribution in [0.1, 0.15) is 36.0 Å². The number of hydrogen-bond acceptors (Lipinski definition) is 5. The van der Waals surface area contributed by atoms with Gasteiger partial charge in [-0.2, -0.15) is 10.1 Å². The van der Waals surface area contributed by atoms with Crippen molar-refractivity contribution in [3.8, 4) is 11.4 Å². The van der Waals surface area contributed by atoms with E-state index >= 15 is 0 Å². The van der Waals surface area contributed by atoms with Crippen LogP contribution in [-0.4, -0.2) is 43.8 Å². The third kappa shape index (κ3) is 4.03. The van der Waals surface area contributed by atoms with Gasteiger partial charge in [0.1, 0.15) is 12.4 Å². The zero-order chi connectivity index (χ0) is 20.5. The van der Waals surface area contributed by atoms with E-state index in [-0.39, 0.29) is 24.2 Å². The molecule has 1 fully saturated rings. The second kappa shape index (κ2) is 7.94. The lowest BCUT2D eigenvalue weighted by atomic mass is 9.98. The van der Waals surface area contributed by atoms with Crippen molar-refractivity contribution in [2.75, 3.05) is 13.1 Å². The minimum absolute atomic E-state index is 0.0261. The summed E-state index contributed by atoms with van der Waals surface area (Å²) >= 11 is 6.17. The third-order valence-electron chi connectivity index (χ3n) is 5.23. The summed E-state index contributed by atoms with van der Waals surface area (Å²) < 4.78 is 20.5. The Labute approximate surface area is 172 Å². The van der Waals surface area contributed by atoms with E-state index < -0.39 is 0 Å². The van der Waals surface area contributed by atoms with Crippen molar-refractivity contribution in [1.29, 1.82) is 0 Å². The second-order valence-corrected chi connectivity index (χ2v) is 7.67. The smallest absolute Gasteiger partial charge is 0.244 e. The van der Waals surface area contributed by atoms with Crippen LogP contribution in [-0.2, 0) is 11.3 Å². The van der Waals surface area contributed by atoms with Gasteiger partial charge in [-0.25, -0.2) is 4.39 Å². The lowest BCUT2D eigenvalue weighted by Crippen LogP contribution is -2.41. The molecule has 3 heterocycles. The SMILES string of the molecule is Cc1nn(CC(=O)N2CCCC(c3nc(-c4cccc(F)c4)no3)C2)c(C)c1Cl. The fraction of sp³-hybridized carbons (Fsp3) is 0.400. The van der Waals surface area contributed by atoms with Gasteiger partial charge in [-0.3, -0.25) is 9.48 Å². The number of carbonyl (C=O) groups excluding carboxylic acids is 1. The first-order chi connectivity index (χ1) is 13.9. The van der Waals surface area contributed by atoms with Crippen molar-refractivity contribution >= 4 is 17.5 Å². The maximum atomic E-state index is 13.4. The van der Waals surface area contributed by atoms with Gasteiger partial charge in [0.2, 0.25) is 17.6 Å². The highest BCUT2D eigenvalue weighted by Gasteiger charge is 2.29. The van der Waals surface area contributed by atoms with E-state index in [2.05, 4.69) is 15.2 Å². The molecule has 1 amide bonds. The first-order valence-electron chi connectivity index (χ1n) is 9.49. The van der Waals surface area contributed by atoms with Crippen LogP contribution in [0.15, 0.2) is 28.8 Å². The number of aromatic nitrogens is 4. The molecule has 9 heteroatoms. The molecule has 1 atom stereocenters. The largest absolute Gasteiger partial charge is 0.340 e. The highest BCUT2D eigenvalue weighted by Crippen LogP contribution is 2.28. The van der Waals surface area contributed by atoms with Crippen LogP contribution < -0.4 is 0 Å². The topological polar surface area (TPSA) is 77.1 Å². The van der Waals surface area contributed by atoms with Crippen molar-refractivity contribution in [3.63, 3.8) is 0 Å². The van der Waals surface area contributed by atoms with Gasteiger partial charge in [-0.05, 0) is 38.8 Å². The summed E-state index contributed by atoms with van der Waals surface area (Å²) in [6.07, 6.45) is 1.69. The summed E-state index contributed by atoms with van der Waals surface area (Å²) in [6.45, 7) is 4.98. The molecule has 1 unspecified atom stereocenters. The van der Waals surface area contributed by atoms with Crippen LogP contribution in [0.4, 0.5) is 4.39 Å². The number of aryl methyl sites for hydroxylation is 1. The van der Waals surface area contributed by atoms with Crippen molar-refractivity contribution in [3.05, 3.63) is 52.4 Å². The number of hydrogen-bond donors (Lipinski definition) is 0. The molecule has 2 aromatic heterocycles. The summed E-state index contributed by atoms with van der Waals surface area (Å²) in [5, 5.41) is 8.90. The average Bonchev–Trinajstić information content (AvgIpc) is 3.30. The highest BCUT2D eigenvalue weighted by molar-refractivity contribution is 6.31. The lowest BCUT2D eigenvalue weighted by molar-refractivity contribution is -0.133. The van der Waals surface area contributed by atoms with Crippen molar-refractivity contribution in [1.82, 2.24) is 24.8 Å². The van der Waals surface area contributed by atoms with Crippen molar-refractivity contribution < 1.29 is 13.7 Å². The summed E-state index contributed by atoms with van der Waals surface area (Å²) in [5.41, 5.74) is 2.05. The number of piperidine rings is 1. The van der Waals surface area contributed by atoms with Gasteiger partial charge >= 0.3 is 0 Å². The number of carbonyl (C=O) groups is 1. The lowest BCUT2D eigenvalue weighted by Gasteiger charge is -2.31. The number of nitrogens with zero attached hydrogens (tertiary/aromatic N) is 5. The van der Waals surface area contributed by atoms with Crippen molar-refractivity contribution in [2.24, 2.45) is 0 Å². The van der Waals surface area contributed by atoms with E-state index in [4.69, 9.17) is 16.1 Å². The molecule has 0 spiro atoms. The average molecular weight is 418 g/mol. The minimum atomic E-state index is -0.354. The van der Waals surface area contributed by atoms with Crippen LogP contribution in [0.2, 0.25) is 5.02 Å². The van der Waals surface area contributed by atoms with Gasteiger partial charge in [-0.1, -0.05) is 28.9 Å². The number of halogens is 2. The summed E-state index contributed by atoms with van der Waals surface area (Å²) in [7, 11) is 0. The fourth-order valence-electron chi connectivity index (χ4n) is 3.61. The Morgan fingerprint density at radius 2 is 2.21 bits per heavy atom. The maximum absolute atomic E-state index is 13.4. The second-order valence-electron chi connectivity index (χ2n) is 7.29. The molecule has 1 aliphatic rings. The maximum Gasteiger partial charge on any atom is 0.244 e. The van der Waals surface area contributed by atoms with E-state index in [0.29, 0.717) is 41.1 Å². The molecule has 1 saturated heterocycles. The molecule has 1 aliphatic heterocycles. The number of amides is 1. The van der Waals surface area contributed by atoms with E-state index in [0.717, 1.165) is 18.5 Å². The van der Waals surface area contributed by atoms with Crippen molar-refractivity contribution in [2.45, 2.75) is 39.2 Å². The van der Waals surface area contributed by atoms with Gasteiger partial charge in [0.15, 0.2) is 0 Å². The predicted octanol–water partition coefficient (Wildman–Crippen LogP) is 3.75. The molecule has 0 radical (unpaired) electrons. The van der Waals surface area contributed by atoms with Crippen LogP contribution in [0.5, 0.6) is 0 Å². The number of benzene rings is 1. The molecule has 3 aromatic rings. The molecule has 1 aromatic carbocycles. The van der Waals surface area contributed by atoms with Gasteiger partial charge < -0.3 is 9.42 Å². The molecule has 152 valence electrons. The molecule has 0 N–H and O–H groups in total. The van der Waals surface area contributed by atoms with Crippen LogP contribution >= 0.6 is 11.6 Å². The molecule has 0 bridgehead atoms. The van der Waals surface area contributed by atoms with Crippen LogP contribution in [0.3, 0.4) is 0 Å². The molecule has 0 aliphatic carbocycles. The number of likely N-dealkylation sites (tertiary alicyclic amines) is 1. The Kier molecular flexibility index (Phi) is 5.36. The quantitative estimate of drug-likeness (QED) is 0.646. The Bertz CT molecular complexity index is 1050. The Balaban J connectivity index is 1.46. The first-order valence-corrected chi connectivity index (χ1v) is 9.87. The molecule has 29 heavy (non-hydrogen) atoms. The van der Waals surface area contributed by atoms with Gasteiger partial charge in [0.25, 0.3) is 0 Å². The molecule has 7 nitrogen and oxygen atoms in total. The first kappa shape index (κ1) is 19.6. The minimum Gasteiger partial charge on any atom is -0.340 e. The zero-order valence-electron chi connectivity index (χ0n) is 16.2. The van der Waals surface area contributed by atoms with Gasteiger partial charge in [-0.15, -0.1) is 0 Å². The number of rotatable bonds is 4. The third-order valence-corrected chi connectivity index (χ3v) is 5.77. The molecular formula is C20H21ClFN5O2. The highest BCUT2D eigenvalue weighted by atomic mass is 35.5. The van der Waals surface area contributed by atoms with Crippen LogP contribution in [0, 0.1) is 19.7 Å². The zero-order valence-corrected chi connectivity index (χ0v) is 17.0. The summed E-state index contributed by atoms with van der Waals surface area (Å²) in [4.78, 5) is 19.0. The standard InChI is InChI=1S/C20H21ClFN5O2/c1-12-18(21)13(2)27(24-12)11-17(28)26-8-4-6-15(10-26)20-23-19(25-29-20)14-5-3-7-16(22)9-14/h3,5,7,9,15H,4,6,8,10-11H2,1-2H3. The van der Waals surface area contributed by atoms with E-state index in [1.54, 1.807) is 21.7 Å². The summed E-state index contributed by atoms with van der Waals surface area (Å²) in [5.74, 6) is 0.386. The normalized spacial score (nSPS) is 17.0. The fourth-order valence-corrected chi connectivity index (χ4v) is 3.74. The Morgan fingerprint density at radius 1 is 1.38 bits per heavy atom. The van der Waals surface area contributed by atoms with Crippen LogP contribution in [0.25, 0.3) is 11.4 Å². The molecule has 4 rings (SSSR count). The predicted molar refractivity (Wildman–Crippen MR) is 105 cm³/mol. The molecular weight excluding hydrogens is 397 g/mol. The summed E-state index contributed by atoms with van der Waals surface area (Å²) in [6, 6.07) is 6.07. The van der Waals surface area contributed by atoms with E-state index in [9.17, 15) is 9.18 Å². The Morgan fingerprint density at radius 3 is 2.93 bits per heavy atom. The monoisotopic (exact) mass is 417 g/mol. The van der Waals surface area contributed by atoms with E-state index in [1.165, 1.54) is 12.1 Å². The van der Waals surface area contributed by atoms with Gasteiger partial charge in [0.05, 0.1) is 22.3 Å². The molecule has 0 saturated carbocycles. The Hall–Kier alpha value is -2.74.